The zero-order valence-corrected chi connectivity index (χ0v) is 11.3. The van der Waals surface area contributed by atoms with E-state index in [0.29, 0.717) is 18.2 Å². The van der Waals surface area contributed by atoms with Crippen molar-refractivity contribution in [3.8, 4) is 0 Å². The molecule has 2 atom stereocenters. The molecular weight excluding hydrogens is 232 g/mol. The summed E-state index contributed by atoms with van der Waals surface area (Å²) in [6.07, 6.45) is 3.44. The molecular formula is C13H18N2OS. The highest BCUT2D eigenvalue weighted by atomic mass is 32.2. The van der Waals surface area contributed by atoms with Crippen molar-refractivity contribution in [3.63, 3.8) is 0 Å². The third-order valence-corrected chi connectivity index (χ3v) is 4.05. The molecule has 1 rings (SSSR count). The van der Waals surface area contributed by atoms with Crippen LogP contribution in [-0.4, -0.2) is 21.5 Å². The van der Waals surface area contributed by atoms with Gasteiger partial charge in [0.15, 0.2) is 0 Å². The fourth-order valence-corrected chi connectivity index (χ4v) is 2.51. The van der Waals surface area contributed by atoms with Crippen molar-refractivity contribution in [1.29, 1.82) is 0 Å². The molecule has 1 heterocycles. The minimum absolute atomic E-state index is 0.175. The summed E-state index contributed by atoms with van der Waals surface area (Å²) >= 11 is 0. The predicted molar refractivity (Wildman–Crippen MR) is 70.2 cm³/mol. The summed E-state index contributed by atoms with van der Waals surface area (Å²) in [4.78, 5) is 8.38. The van der Waals surface area contributed by atoms with E-state index in [2.05, 4.69) is 23.7 Å². The second kappa shape index (κ2) is 6.51. The minimum atomic E-state index is -0.974. The molecule has 0 aliphatic carbocycles. The summed E-state index contributed by atoms with van der Waals surface area (Å²) in [6.45, 7) is 13.5. The SMILES string of the molecule is [C-]#[N+]CC(c1cncc(S(=O)CC)c1)C(C)C. The first-order valence-corrected chi connectivity index (χ1v) is 7.08. The van der Waals surface area contributed by atoms with Gasteiger partial charge in [0.25, 0.3) is 0 Å². The van der Waals surface area contributed by atoms with Crippen LogP contribution < -0.4 is 0 Å². The van der Waals surface area contributed by atoms with Gasteiger partial charge in [-0.15, -0.1) is 0 Å². The third kappa shape index (κ3) is 3.64. The Bertz CT molecular complexity index is 437. The summed E-state index contributed by atoms with van der Waals surface area (Å²) in [7, 11) is -0.974. The van der Waals surface area contributed by atoms with Crippen LogP contribution in [0.15, 0.2) is 23.4 Å². The summed E-state index contributed by atoms with van der Waals surface area (Å²) in [5.74, 6) is 1.16. The van der Waals surface area contributed by atoms with Crippen LogP contribution >= 0.6 is 0 Å². The average molecular weight is 250 g/mol. The van der Waals surface area contributed by atoms with Crippen LogP contribution in [-0.2, 0) is 10.8 Å². The molecule has 0 bridgehead atoms. The van der Waals surface area contributed by atoms with Crippen molar-refractivity contribution in [2.45, 2.75) is 31.6 Å². The molecule has 0 fully saturated rings. The fraction of sp³-hybridized carbons (Fsp3) is 0.538. The Morgan fingerprint density at radius 1 is 1.47 bits per heavy atom. The van der Waals surface area contributed by atoms with Crippen molar-refractivity contribution in [2.75, 3.05) is 12.3 Å². The molecule has 1 aromatic heterocycles. The van der Waals surface area contributed by atoms with Crippen LogP contribution in [0.1, 0.15) is 32.3 Å². The van der Waals surface area contributed by atoms with Crippen LogP contribution in [0.4, 0.5) is 0 Å². The van der Waals surface area contributed by atoms with Crippen LogP contribution in [0.3, 0.4) is 0 Å². The Kier molecular flexibility index (Phi) is 5.30. The van der Waals surface area contributed by atoms with Gasteiger partial charge in [0, 0.05) is 18.1 Å². The topological polar surface area (TPSA) is 34.3 Å². The molecule has 4 heteroatoms. The molecule has 0 saturated heterocycles. The van der Waals surface area contributed by atoms with Gasteiger partial charge in [0.05, 0.1) is 21.6 Å². The first kappa shape index (κ1) is 13.9. The second-order valence-electron chi connectivity index (χ2n) is 4.28. The molecule has 92 valence electrons. The molecule has 17 heavy (non-hydrogen) atoms. The van der Waals surface area contributed by atoms with Crippen LogP contribution in [0, 0.1) is 12.5 Å². The Morgan fingerprint density at radius 2 is 2.18 bits per heavy atom. The number of rotatable bonds is 5. The largest absolute Gasteiger partial charge is 0.316 e. The van der Waals surface area contributed by atoms with Gasteiger partial charge in [0.2, 0.25) is 6.54 Å². The average Bonchev–Trinajstić information content (AvgIpc) is 2.34. The number of pyridine rings is 1. The van der Waals surface area contributed by atoms with Crippen LogP contribution in [0.2, 0.25) is 0 Å². The van der Waals surface area contributed by atoms with Gasteiger partial charge in [-0.05, 0) is 17.5 Å². The van der Waals surface area contributed by atoms with E-state index in [9.17, 15) is 4.21 Å². The van der Waals surface area contributed by atoms with Gasteiger partial charge in [-0.1, -0.05) is 20.8 Å². The Labute approximate surface area is 106 Å². The highest BCUT2D eigenvalue weighted by molar-refractivity contribution is 7.85. The van der Waals surface area contributed by atoms with Crippen LogP contribution in [0.5, 0.6) is 0 Å². The maximum Gasteiger partial charge on any atom is 0.221 e. The molecule has 1 aromatic rings. The lowest BCUT2D eigenvalue weighted by molar-refractivity contribution is 0.523. The van der Waals surface area contributed by atoms with E-state index in [4.69, 9.17) is 6.57 Å². The zero-order valence-electron chi connectivity index (χ0n) is 10.5. The highest BCUT2D eigenvalue weighted by Gasteiger charge is 2.20. The minimum Gasteiger partial charge on any atom is -0.316 e. The van der Waals surface area contributed by atoms with E-state index < -0.39 is 10.8 Å². The Balaban J connectivity index is 3.04. The summed E-state index contributed by atoms with van der Waals surface area (Å²) in [5.41, 5.74) is 1.02. The molecule has 0 amide bonds. The molecule has 0 spiro atoms. The van der Waals surface area contributed by atoms with E-state index in [1.807, 2.05) is 13.0 Å². The van der Waals surface area contributed by atoms with Gasteiger partial charge in [-0.3, -0.25) is 9.19 Å². The lowest BCUT2D eigenvalue weighted by Gasteiger charge is -2.15. The quantitative estimate of drug-likeness (QED) is 0.753. The number of nitrogens with zero attached hydrogens (tertiary/aromatic N) is 2. The molecule has 0 aromatic carbocycles. The molecule has 0 aliphatic rings. The number of aromatic nitrogens is 1. The van der Waals surface area contributed by atoms with E-state index in [-0.39, 0.29) is 5.92 Å². The highest BCUT2D eigenvalue weighted by Crippen LogP contribution is 2.25. The summed E-state index contributed by atoms with van der Waals surface area (Å²) < 4.78 is 11.7. The Morgan fingerprint density at radius 3 is 2.71 bits per heavy atom. The predicted octanol–water partition coefficient (Wildman–Crippen LogP) is 2.87. The van der Waals surface area contributed by atoms with E-state index in [1.165, 1.54) is 0 Å². The van der Waals surface area contributed by atoms with Crippen molar-refractivity contribution >= 4 is 10.8 Å². The van der Waals surface area contributed by atoms with Crippen molar-refractivity contribution < 1.29 is 4.21 Å². The standard InChI is InChI=1S/C13H18N2OS/c1-5-17(16)12-6-11(7-15-8-12)13(9-14-4)10(2)3/h6-8,10,13H,5,9H2,1-3H3. The fourth-order valence-electron chi connectivity index (χ4n) is 1.73. The molecule has 0 saturated carbocycles. The maximum absolute atomic E-state index is 11.7. The molecule has 2 unspecified atom stereocenters. The van der Waals surface area contributed by atoms with Crippen molar-refractivity contribution in [2.24, 2.45) is 5.92 Å². The van der Waals surface area contributed by atoms with Gasteiger partial charge < -0.3 is 4.85 Å². The van der Waals surface area contributed by atoms with E-state index in [0.717, 1.165) is 10.5 Å². The lowest BCUT2D eigenvalue weighted by Crippen LogP contribution is -2.10. The van der Waals surface area contributed by atoms with Gasteiger partial charge in [0.1, 0.15) is 0 Å². The monoisotopic (exact) mass is 250 g/mol. The third-order valence-electron chi connectivity index (χ3n) is 2.78. The molecule has 3 nitrogen and oxygen atoms in total. The maximum atomic E-state index is 11.7. The van der Waals surface area contributed by atoms with Crippen LogP contribution in [0.25, 0.3) is 4.85 Å². The van der Waals surface area contributed by atoms with E-state index >= 15 is 0 Å². The first-order valence-electron chi connectivity index (χ1n) is 5.76. The van der Waals surface area contributed by atoms with Crippen molar-refractivity contribution in [1.82, 2.24) is 4.98 Å². The normalized spacial score (nSPS) is 14.3. The van der Waals surface area contributed by atoms with Gasteiger partial charge >= 0.3 is 0 Å². The smallest absolute Gasteiger partial charge is 0.221 e. The summed E-state index contributed by atoms with van der Waals surface area (Å²) in [5, 5.41) is 0. The number of hydrogen-bond acceptors (Lipinski definition) is 2. The zero-order chi connectivity index (χ0) is 12.8. The van der Waals surface area contributed by atoms with Gasteiger partial charge in [-0.25, -0.2) is 6.57 Å². The molecule has 0 N–H and O–H groups in total. The van der Waals surface area contributed by atoms with Crippen molar-refractivity contribution in [3.05, 3.63) is 35.4 Å². The first-order chi connectivity index (χ1) is 8.10. The van der Waals surface area contributed by atoms with E-state index in [1.54, 1.807) is 12.4 Å². The molecule has 0 aliphatic heterocycles. The number of hydrogen-bond donors (Lipinski definition) is 0. The molecule has 0 radical (unpaired) electrons. The Hall–Kier alpha value is -1.21. The lowest BCUT2D eigenvalue weighted by atomic mass is 9.90. The summed E-state index contributed by atoms with van der Waals surface area (Å²) in [6, 6.07) is 1.93. The second-order valence-corrected chi connectivity index (χ2v) is 6.02. The van der Waals surface area contributed by atoms with Gasteiger partial charge in [-0.2, -0.15) is 0 Å².